The van der Waals surface area contributed by atoms with Gasteiger partial charge in [0.25, 0.3) is 0 Å². The van der Waals surface area contributed by atoms with E-state index in [1.165, 1.54) is 0 Å². The van der Waals surface area contributed by atoms with E-state index in [2.05, 4.69) is 15.9 Å². The highest BCUT2D eigenvalue weighted by Gasteiger charge is 1.93. The van der Waals surface area contributed by atoms with E-state index in [1.54, 1.807) is 18.6 Å². The lowest BCUT2D eigenvalue weighted by molar-refractivity contribution is 1.31. The fraction of sp³-hybridized carbons (Fsp3) is 0. The summed E-state index contributed by atoms with van der Waals surface area (Å²) in [5.41, 5.74) is 1.67. The smallest absolute Gasteiger partial charge is 0.0886 e. The molecule has 2 heterocycles. The predicted octanol–water partition coefficient (Wildman–Crippen LogP) is 1.61. The Hall–Kier alpha value is -1.88. The first-order valence-electron chi connectivity index (χ1n) is 3.56. The van der Waals surface area contributed by atoms with E-state index < -0.39 is 0 Å². The SMILES string of the molecule is C#Cc1cnc2cnccc2c1. The molecule has 0 fully saturated rings. The lowest BCUT2D eigenvalue weighted by Gasteiger charge is -1.94. The van der Waals surface area contributed by atoms with Crippen LogP contribution in [0.3, 0.4) is 0 Å². The summed E-state index contributed by atoms with van der Waals surface area (Å²) in [5.74, 6) is 2.54. The van der Waals surface area contributed by atoms with Gasteiger partial charge in [0, 0.05) is 23.3 Å². The first-order valence-corrected chi connectivity index (χ1v) is 3.56. The van der Waals surface area contributed by atoms with Gasteiger partial charge in [0.1, 0.15) is 0 Å². The summed E-state index contributed by atoms with van der Waals surface area (Å²) >= 11 is 0. The molecule has 12 heavy (non-hydrogen) atoms. The van der Waals surface area contributed by atoms with Crippen molar-refractivity contribution in [1.29, 1.82) is 0 Å². The van der Waals surface area contributed by atoms with Gasteiger partial charge in [-0.15, -0.1) is 6.42 Å². The van der Waals surface area contributed by atoms with Gasteiger partial charge >= 0.3 is 0 Å². The third-order valence-electron chi connectivity index (χ3n) is 1.65. The van der Waals surface area contributed by atoms with Gasteiger partial charge in [0.15, 0.2) is 0 Å². The highest BCUT2D eigenvalue weighted by atomic mass is 14.7. The van der Waals surface area contributed by atoms with Crippen LogP contribution < -0.4 is 0 Å². The van der Waals surface area contributed by atoms with Crippen LogP contribution in [0, 0.1) is 12.3 Å². The van der Waals surface area contributed by atoms with Gasteiger partial charge in [0.05, 0.1) is 11.7 Å². The monoisotopic (exact) mass is 154 g/mol. The molecule has 0 aromatic carbocycles. The fourth-order valence-electron chi connectivity index (χ4n) is 1.05. The van der Waals surface area contributed by atoms with Crippen molar-refractivity contribution in [2.24, 2.45) is 0 Å². The van der Waals surface area contributed by atoms with Crippen molar-refractivity contribution >= 4 is 10.9 Å². The van der Waals surface area contributed by atoms with Crippen LogP contribution in [0.5, 0.6) is 0 Å². The fourth-order valence-corrected chi connectivity index (χ4v) is 1.05. The molecule has 2 aromatic rings. The summed E-state index contributed by atoms with van der Waals surface area (Å²) < 4.78 is 0. The van der Waals surface area contributed by atoms with Crippen LogP contribution in [0.4, 0.5) is 0 Å². The highest BCUT2D eigenvalue weighted by Crippen LogP contribution is 2.09. The average Bonchev–Trinajstić information content (AvgIpc) is 2.17. The maximum Gasteiger partial charge on any atom is 0.0886 e. The van der Waals surface area contributed by atoms with Crippen molar-refractivity contribution in [3.63, 3.8) is 0 Å². The van der Waals surface area contributed by atoms with Crippen molar-refractivity contribution in [2.45, 2.75) is 0 Å². The maximum absolute atomic E-state index is 5.24. The van der Waals surface area contributed by atoms with Crippen LogP contribution in [0.1, 0.15) is 5.56 Å². The molecule has 0 radical (unpaired) electrons. The van der Waals surface area contributed by atoms with E-state index in [4.69, 9.17) is 6.42 Å². The first kappa shape index (κ1) is 6.81. The second-order valence-electron chi connectivity index (χ2n) is 2.44. The number of hydrogen-bond donors (Lipinski definition) is 0. The standard InChI is InChI=1S/C10H6N2/c1-2-8-5-9-3-4-11-7-10(9)12-6-8/h1,3-7H. The number of fused-ring (bicyclic) bond motifs is 1. The Balaban J connectivity index is 2.78. The number of pyridine rings is 2. The third kappa shape index (κ3) is 1.02. The molecule has 2 heteroatoms. The summed E-state index contributed by atoms with van der Waals surface area (Å²) in [4.78, 5) is 8.10. The number of rotatable bonds is 0. The third-order valence-corrected chi connectivity index (χ3v) is 1.65. The zero-order valence-electron chi connectivity index (χ0n) is 6.36. The van der Waals surface area contributed by atoms with Crippen LogP contribution in [0.15, 0.2) is 30.7 Å². The molecule has 0 saturated carbocycles. The first-order chi connectivity index (χ1) is 5.90. The van der Waals surface area contributed by atoms with Gasteiger partial charge in [-0.3, -0.25) is 9.97 Å². The zero-order valence-corrected chi connectivity index (χ0v) is 6.36. The second kappa shape index (κ2) is 2.63. The number of hydrogen-bond acceptors (Lipinski definition) is 2. The summed E-state index contributed by atoms with van der Waals surface area (Å²) in [6.07, 6.45) is 10.4. The largest absolute Gasteiger partial charge is 0.262 e. The topological polar surface area (TPSA) is 25.8 Å². The maximum atomic E-state index is 5.24. The van der Waals surface area contributed by atoms with Crippen molar-refractivity contribution in [3.05, 3.63) is 36.3 Å². The molecule has 0 atom stereocenters. The molecule has 2 rings (SSSR count). The molecule has 0 aliphatic heterocycles. The van der Waals surface area contributed by atoms with E-state index in [0.717, 1.165) is 16.5 Å². The average molecular weight is 154 g/mol. The number of aromatic nitrogens is 2. The van der Waals surface area contributed by atoms with Crippen molar-refractivity contribution < 1.29 is 0 Å². The molecule has 0 bridgehead atoms. The summed E-state index contributed by atoms with van der Waals surface area (Å²) in [6, 6.07) is 3.81. The van der Waals surface area contributed by atoms with Gasteiger partial charge in [-0.1, -0.05) is 5.92 Å². The van der Waals surface area contributed by atoms with Crippen LogP contribution in [-0.4, -0.2) is 9.97 Å². The van der Waals surface area contributed by atoms with E-state index in [9.17, 15) is 0 Å². The van der Waals surface area contributed by atoms with Gasteiger partial charge < -0.3 is 0 Å². The Bertz CT molecular complexity index is 455. The van der Waals surface area contributed by atoms with E-state index in [1.807, 2.05) is 12.1 Å². The van der Waals surface area contributed by atoms with Gasteiger partial charge in [-0.25, -0.2) is 0 Å². The Labute approximate surface area is 70.3 Å². The molecule has 0 saturated heterocycles. The Morgan fingerprint density at radius 3 is 3.08 bits per heavy atom. The molecule has 0 unspecified atom stereocenters. The second-order valence-corrected chi connectivity index (χ2v) is 2.44. The molecule has 0 N–H and O–H groups in total. The molecular weight excluding hydrogens is 148 g/mol. The minimum Gasteiger partial charge on any atom is -0.262 e. The van der Waals surface area contributed by atoms with Crippen molar-refractivity contribution in [1.82, 2.24) is 9.97 Å². The van der Waals surface area contributed by atoms with E-state index >= 15 is 0 Å². The normalized spacial score (nSPS) is 9.58. The Kier molecular flexibility index (Phi) is 1.49. The molecule has 0 spiro atoms. The summed E-state index contributed by atoms with van der Waals surface area (Å²) in [6.45, 7) is 0. The minimum atomic E-state index is 0.800. The van der Waals surface area contributed by atoms with Crippen molar-refractivity contribution in [2.75, 3.05) is 0 Å². The van der Waals surface area contributed by atoms with Gasteiger partial charge in [-0.05, 0) is 12.1 Å². The summed E-state index contributed by atoms with van der Waals surface area (Å²) in [7, 11) is 0. The summed E-state index contributed by atoms with van der Waals surface area (Å²) in [5, 5.41) is 1.03. The van der Waals surface area contributed by atoms with Gasteiger partial charge in [0.2, 0.25) is 0 Å². The number of terminal acetylenes is 1. The molecule has 0 amide bonds. The van der Waals surface area contributed by atoms with Crippen LogP contribution >= 0.6 is 0 Å². The lowest BCUT2D eigenvalue weighted by atomic mass is 10.2. The molecule has 0 aliphatic rings. The van der Waals surface area contributed by atoms with Crippen LogP contribution in [0.2, 0.25) is 0 Å². The van der Waals surface area contributed by atoms with Crippen molar-refractivity contribution in [3.8, 4) is 12.3 Å². The number of nitrogens with zero attached hydrogens (tertiary/aromatic N) is 2. The Morgan fingerprint density at radius 2 is 2.25 bits per heavy atom. The van der Waals surface area contributed by atoms with Crippen LogP contribution in [0.25, 0.3) is 10.9 Å². The van der Waals surface area contributed by atoms with Crippen LogP contribution in [-0.2, 0) is 0 Å². The van der Waals surface area contributed by atoms with E-state index in [-0.39, 0.29) is 0 Å². The Morgan fingerprint density at radius 1 is 1.33 bits per heavy atom. The predicted molar refractivity (Wildman–Crippen MR) is 47.5 cm³/mol. The zero-order chi connectivity index (χ0) is 8.39. The molecule has 2 aromatic heterocycles. The van der Waals surface area contributed by atoms with Gasteiger partial charge in [-0.2, -0.15) is 0 Å². The molecule has 0 aliphatic carbocycles. The molecule has 56 valence electrons. The highest BCUT2D eigenvalue weighted by molar-refractivity contribution is 5.78. The van der Waals surface area contributed by atoms with E-state index in [0.29, 0.717) is 0 Å². The lowest BCUT2D eigenvalue weighted by Crippen LogP contribution is -1.82. The molecule has 2 nitrogen and oxygen atoms in total. The molecular formula is C10H6N2. The minimum absolute atomic E-state index is 0.800. The quantitative estimate of drug-likeness (QED) is 0.539.